The van der Waals surface area contributed by atoms with Crippen molar-refractivity contribution < 1.29 is 9.84 Å². The molecule has 0 aliphatic heterocycles. The highest BCUT2D eigenvalue weighted by molar-refractivity contribution is 5.44. The molecule has 0 spiro atoms. The highest BCUT2D eigenvalue weighted by atomic mass is 16.5. The van der Waals surface area contributed by atoms with Crippen molar-refractivity contribution in [2.45, 2.75) is 51.8 Å². The molecule has 122 valence electrons. The molecule has 0 saturated heterocycles. The van der Waals surface area contributed by atoms with Gasteiger partial charge >= 0.3 is 0 Å². The molecule has 1 aromatic carbocycles. The number of rotatable bonds is 4. The van der Waals surface area contributed by atoms with Crippen LogP contribution in [-0.4, -0.2) is 15.7 Å². The third-order valence-electron chi connectivity index (χ3n) is 3.97. The lowest BCUT2D eigenvalue weighted by molar-refractivity contribution is 0.123. The van der Waals surface area contributed by atoms with Crippen LogP contribution in [0, 0.1) is 0 Å². The minimum absolute atomic E-state index is 0.249. The number of benzene rings is 1. The van der Waals surface area contributed by atoms with Crippen LogP contribution in [0.25, 0.3) is 0 Å². The Morgan fingerprint density at radius 3 is 2.78 bits per heavy atom. The largest absolute Gasteiger partial charge is 0.508 e. The van der Waals surface area contributed by atoms with Crippen LogP contribution < -0.4 is 10.1 Å². The summed E-state index contributed by atoms with van der Waals surface area (Å²) < 4.78 is 5.81. The van der Waals surface area contributed by atoms with Crippen LogP contribution in [0.15, 0.2) is 36.4 Å². The van der Waals surface area contributed by atoms with Crippen LogP contribution in [0.5, 0.6) is 11.6 Å². The highest BCUT2D eigenvalue weighted by Gasteiger charge is 2.24. The molecule has 3 rings (SSSR count). The van der Waals surface area contributed by atoms with Gasteiger partial charge in [-0.3, -0.25) is 0 Å². The molecule has 1 atom stereocenters. The van der Waals surface area contributed by atoms with Gasteiger partial charge in [-0.05, 0) is 56.9 Å². The molecule has 0 fully saturated rings. The smallest absolute Gasteiger partial charge is 0.213 e. The lowest BCUT2D eigenvalue weighted by Gasteiger charge is -2.21. The van der Waals surface area contributed by atoms with E-state index in [4.69, 9.17) is 4.74 Å². The van der Waals surface area contributed by atoms with Gasteiger partial charge in [0.2, 0.25) is 5.88 Å². The summed E-state index contributed by atoms with van der Waals surface area (Å²) in [4.78, 5) is 4.56. The summed E-state index contributed by atoms with van der Waals surface area (Å²) in [5, 5.41) is 13.5. The van der Waals surface area contributed by atoms with Crippen molar-refractivity contribution in [2.24, 2.45) is 0 Å². The van der Waals surface area contributed by atoms with Gasteiger partial charge in [-0.2, -0.15) is 0 Å². The van der Waals surface area contributed by atoms with E-state index in [1.54, 1.807) is 6.07 Å². The molecule has 1 aromatic heterocycles. The Bertz CT molecular complexity index is 692. The van der Waals surface area contributed by atoms with E-state index in [0.29, 0.717) is 18.2 Å². The van der Waals surface area contributed by atoms with Crippen LogP contribution in [0.1, 0.15) is 50.1 Å². The molecule has 2 N–H and O–H groups in total. The standard InChI is InChI=1S/C19H24N2O2/c1-19(2,3)23-18-9-4-6-13(21-18)12-20-16-11-10-15-14(16)7-5-8-17(15)22/h4-9,16,20,22H,10-12H2,1-3H3. The summed E-state index contributed by atoms with van der Waals surface area (Å²) in [6.07, 6.45) is 1.92. The molecule has 4 nitrogen and oxygen atoms in total. The third kappa shape index (κ3) is 3.82. The molecule has 0 radical (unpaired) electrons. The van der Waals surface area contributed by atoms with Gasteiger partial charge < -0.3 is 15.2 Å². The van der Waals surface area contributed by atoms with E-state index >= 15 is 0 Å². The maximum Gasteiger partial charge on any atom is 0.213 e. The zero-order valence-electron chi connectivity index (χ0n) is 14.0. The van der Waals surface area contributed by atoms with E-state index in [2.05, 4.69) is 16.4 Å². The lowest BCUT2D eigenvalue weighted by Crippen LogP contribution is -2.24. The fraction of sp³-hybridized carbons (Fsp3) is 0.421. The normalized spacial score (nSPS) is 17.1. The van der Waals surface area contributed by atoms with Crippen molar-refractivity contribution >= 4 is 0 Å². The highest BCUT2D eigenvalue weighted by Crippen LogP contribution is 2.36. The average molecular weight is 312 g/mol. The number of fused-ring (bicyclic) bond motifs is 1. The first-order chi connectivity index (χ1) is 10.9. The second-order valence-electron chi connectivity index (χ2n) is 7.00. The lowest BCUT2D eigenvalue weighted by atomic mass is 10.1. The fourth-order valence-electron chi connectivity index (χ4n) is 3.00. The molecule has 2 aromatic rings. The second-order valence-corrected chi connectivity index (χ2v) is 7.00. The Morgan fingerprint density at radius 2 is 2.00 bits per heavy atom. The Hall–Kier alpha value is -2.07. The molecule has 23 heavy (non-hydrogen) atoms. The van der Waals surface area contributed by atoms with E-state index in [9.17, 15) is 5.11 Å². The van der Waals surface area contributed by atoms with Gasteiger partial charge in [0.15, 0.2) is 0 Å². The molecule has 1 aliphatic carbocycles. The molecule has 1 heterocycles. The SMILES string of the molecule is CC(C)(C)Oc1cccc(CNC2CCc3c(O)cccc32)n1. The topological polar surface area (TPSA) is 54.4 Å². The summed E-state index contributed by atoms with van der Waals surface area (Å²) in [6.45, 7) is 6.73. The zero-order valence-corrected chi connectivity index (χ0v) is 14.0. The summed E-state index contributed by atoms with van der Waals surface area (Å²) in [5.74, 6) is 1.06. The summed E-state index contributed by atoms with van der Waals surface area (Å²) >= 11 is 0. The van der Waals surface area contributed by atoms with Gasteiger partial charge in [-0.25, -0.2) is 4.98 Å². The second kappa shape index (κ2) is 6.20. The van der Waals surface area contributed by atoms with Crippen LogP contribution in [0.2, 0.25) is 0 Å². The van der Waals surface area contributed by atoms with Gasteiger partial charge in [0.25, 0.3) is 0 Å². The number of phenolic OH excluding ortho intramolecular Hbond substituents is 1. The molecule has 0 amide bonds. The predicted molar refractivity (Wildman–Crippen MR) is 90.6 cm³/mol. The quantitative estimate of drug-likeness (QED) is 0.903. The molecule has 0 saturated carbocycles. The number of aromatic hydroxyl groups is 1. The molecular formula is C19H24N2O2. The number of ether oxygens (including phenoxy) is 1. The minimum atomic E-state index is -0.249. The number of nitrogens with one attached hydrogen (secondary N) is 1. The fourth-order valence-corrected chi connectivity index (χ4v) is 3.00. The maximum atomic E-state index is 9.92. The Kier molecular flexibility index (Phi) is 4.26. The van der Waals surface area contributed by atoms with E-state index in [1.807, 2.05) is 45.0 Å². The third-order valence-corrected chi connectivity index (χ3v) is 3.97. The van der Waals surface area contributed by atoms with Crippen molar-refractivity contribution in [3.05, 3.63) is 53.2 Å². The average Bonchev–Trinajstić information content (AvgIpc) is 2.88. The Morgan fingerprint density at radius 1 is 1.22 bits per heavy atom. The van der Waals surface area contributed by atoms with Crippen molar-refractivity contribution in [3.8, 4) is 11.6 Å². The summed E-state index contributed by atoms with van der Waals surface area (Å²) in [6, 6.07) is 11.9. The number of hydrogen-bond acceptors (Lipinski definition) is 4. The first kappa shape index (κ1) is 15.8. The molecular weight excluding hydrogens is 288 g/mol. The van der Waals surface area contributed by atoms with Crippen molar-refractivity contribution in [3.63, 3.8) is 0 Å². The zero-order chi connectivity index (χ0) is 16.4. The number of phenols is 1. The van der Waals surface area contributed by atoms with E-state index in [-0.39, 0.29) is 11.6 Å². The van der Waals surface area contributed by atoms with Gasteiger partial charge in [0, 0.05) is 18.7 Å². The maximum absolute atomic E-state index is 9.92. The number of aromatic nitrogens is 1. The number of hydrogen-bond donors (Lipinski definition) is 2. The number of nitrogens with zero attached hydrogens (tertiary/aromatic N) is 1. The van der Waals surface area contributed by atoms with Crippen LogP contribution >= 0.6 is 0 Å². The molecule has 4 heteroatoms. The van der Waals surface area contributed by atoms with Crippen molar-refractivity contribution in [2.75, 3.05) is 0 Å². The Labute approximate surface area is 137 Å². The predicted octanol–water partition coefficient (Wildman–Crippen LogP) is 3.74. The van der Waals surface area contributed by atoms with E-state index in [0.717, 1.165) is 24.1 Å². The van der Waals surface area contributed by atoms with Crippen LogP contribution in [0.4, 0.5) is 0 Å². The summed E-state index contributed by atoms with van der Waals surface area (Å²) in [7, 11) is 0. The molecule has 1 unspecified atom stereocenters. The molecule has 0 bridgehead atoms. The first-order valence-corrected chi connectivity index (χ1v) is 8.11. The van der Waals surface area contributed by atoms with Gasteiger partial charge in [-0.15, -0.1) is 0 Å². The Balaban J connectivity index is 1.66. The summed E-state index contributed by atoms with van der Waals surface area (Å²) in [5.41, 5.74) is 2.98. The van der Waals surface area contributed by atoms with E-state index in [1.165, 1.54) is 5.56 Å². The first-order valence-electron chi connectivity index (χ1n) is 8.11. The van der Waals surface area contributed by atoms with Gasteiger partial charge in [-0.1, -0.05) is 18.2 Å². The van der Waals surface area contributed by atoms with Crippen molar-refractivity contribution in [1.82, 2.24) is 10.3 Å². The minimum Gasteiger partial charge on any atom is -0.508 e. The van der Waals surface area contributed by atoms with Crippen LogP contribution in [0.3, 0.4) is 0 Å². The monoisotopic (exact) mass is 312 g/mol. The van der Waals surface area contributed by atoms with E-state index < -0.39 is 0 Å². The molecule has 1 aliphatic rings. The van der Waals surface area contributed by atoms with Gasteiger partial charge in [0.05, 0.1) is 5.69 Å². The van der Waals surface area contributed by atoms with Crippen molar-refractivity contribution in [1.29, 1.82) is 0 Å². The van der Waals surface area contributed by atoms with Gasteiger partial charge in [0.1, 0.15) is 11.4 Å². The number of pyridine rings is 1. The van der Waals surface area contributed by atoms with Crippen LogP contribution in [-0.2, 0) is 13.0 Å².